The van der Waals surface area contributed by atoms with Gasteiger partial charge in [0.25, 0.3) is 0 Å². The molecule has 0 radical (unpaired) electrons. The Morgan fingerprint density at radius 3 is 2.22 bits per heavy atom. The van der Waals surface area contributed by atoms with Crippen molar-refractivity contribution in [3.8, 4) is 28.0 Å². The predicted molar refractivity (Wildman–Crippen MR) is 143 cm³/mol. The molecule has 3 aromatic carbocycles. The smallest absolute Gasteiger partial charge is 0.201 e. The van der Waals surface area contributed by atoms with Crippen molar-refractivity contribution < 1.29 is 22.6 Å². The maximum atomic E-state index is 15.0. The highest BCUT2D eigenvalue weighted by Crippen LogP contribution is 2.35. The summed E-state index contributed by atoms with van der Waals surface area (Å²) >= 11 is 0. The molecular formula is C32H35F3O2. The largest absolute Gasteiger partial charge is 0.490 e. The van der Waals surface area contributed by atoms with Crippen LogP contribution in [0.2, 0.25) is 0 Å². The van der Waals surface area contributed by atoms with Crippen molar-refractivity contribution in [2.75, 3.05) is 13.2 Å². The van der Waals surface area contributed by atoms with Gasteiger partial charge in [0.1, 0.15) is 5.82 Å². The molecule has 0 N–H and O–H groups in total. The van der Waals surface area contributed by atoms with E-state index in [9.17, 15) is 8.78 Å². The predicted octanol–water partition coefficient (Wildman–Crippen LogP) is 9.44. The zero-order chi connectivity index (χ0) is 26.2. The molecule has 1 fully saturated rings. The van der Waals surface area contributed by atoms with Crippen molar-refractivity contribution in [2.24, 2.45) is 5.92 Å². The second-order valence-electron chi connectivity index (χ2n) is 9.71. The maximum absolute atomic E-state index is 15.0. The Kier molecular flexibility index (Phi) is 9.45. The maximum Gasteiger partial charge on any atom is 0.201 e. The van der Waals surface area contributed by atoms with Crippen molar-refractivity contribution in [3.63, 3.8) is 0 Å². The Labute approximate surface area is 218 Å². The Balaban J connectivity index is 1.42. The van der Waals surface area contributed by atoms with Crippen molar-refractivity contribution in [1.82, 2.24) is 0 Å². The highest BCUT2D eigenvalue weighted by molar-refractivity contribution is 5.71. The highest BCUT2D eigenvalue weighted by atomic mass is 19.2. The van der Waals surface area contributed by atoms with Crippen molar-refractivity contribution >= 4 is 0 Å². The van der Waals surface area contributed by atoms with E-state index in [0.717, 1.165) is 44.1 Å². The molecule has 0 bridgehead atoms. The lowest BCUT2D eigenvalue weighted by atomic mass is 9.93. The van der Waals surface area contributed by atoms with Gasteiger partial charge in [0, 0.05) is 17.0 Å². The molecule has 0 aromatic heterocycles. The van der Waals surface area contributed by atoms with E-state index in [2.05, 4.69) is 13.5 Å². The van der Waals surface area contributed by atoms with Crippen LogP contribution in [0.5, 0.6) is 5.75 Å². The summed E-state index contributed by atoms with van der Waals surface area (Å²) in [6.45, 7) is 6.92. The molecule has 1 saturated heterocycles. The van der Waals surface area contributed by atoms with Crippen LogP contribution in [-0.2, 0) is 4.74 Å². The van der Waals surface area contributed by atoms with E-state index < -0.39 is 11.6 Å². The highest BCUT2D eigenvalue weighted by Gasteiger charge is 2.22. The standard InChI is InChI=1S/C32H35F3O2/c1-3-5-6-7-8-19-36-30-18-16-27(31(34)32(30)35)24-12-10-23(11-13-24)26-15-14-25(20-28(26)33)29-17-9-22(4-2)21-37-29/h4,10-16,18,20,22,29H,2-3,5-9,17,19,21H2,1H3. The van der Waals surface area contributed by atoms with Gasteiger partial charge >= 0.3 is 0 Å². The fourth-order valence-electron chi connectivity index (χ4n) is 4.77. The number of unbranched alkanes of at least 4 members (excludes halogenated alkanes) is 4. The molecule has 0 amide bonds. The second kappa shape index (κ2) is 13.0. The van der Waals surface area contributed by atoms with E-state index in [0.29, 0.717) is 35.8 Å². The lowest BCUT2D eigenvalue weighted by Gasteiger charge is -2.27. The second-order valence-corrected chi connectivity index (χ2v) is 9.71. The number of rotatable bonds is 11. The molecular weight excluding hydrogens is 473 g/mol. The number of hydrogen-bond donors (Lipinski definition) is 0. The van der Waals surface area contributed by atoms with Crippen LogP contribution in [-0.4, -0.2) is 13.2 Å². The minimum Gasteiger partial charge on any atom is -0.490 e. The Morgan fingerprint density at radius 2 is 1.57 bits per heavy atom. The van der Waals surface area contributed by atoms with Crippen LogP contribution < -0.4 is 4.74 Å². The molecule has 3 aromatic rings. The first kappa shape index (κ1) is 27.0. The van der Waals surface area contributed by atoms with Crippen molar-refractivity contribution in [1.29, 1.82) is 0 Å². The van der Waals surface area contributed by atoms with Crippen molar-refractivity contribution in [3.05, 3.63) is 90.3 Å². The van der Waals surface area contributed by atoms with E-state index in [1.165, 1.54) is 24.6 Å². The van der Waals surface area contributed by atoms with Crippen LogP contribution in [0.15, 0.2) is 67.3 Å². The average molecular weight is 509 g/mol. The van der Waals surface area contributed by atoms with Gasteiger partial charge < -0.3 is 9.47 Å². The van der Waals surface area contributed by atoms with Crippen LogP contribution >= 0.6 is 0 Å². The van der Waals surface area contributed by atoms with Crippen LogP contribution in [0.3, 0.4) is 0 Å². The summed E-state index contributed by atoms with van der Waals surface area (Å²) in [5.41, 5.74) is 2.58. The third kappa shape index (κ3) is 6.64. The van der Waals surface area contributed by atoms with Gasteiger partial charge in [-0.2, -0.15) is 4.39 Å². The first-order valence-electron chi connectivity index (χ1n) is 13.3. The zero-order valence-corrected chi connectivity index (χ0v) is 21.4. The monoisotopic (exact) mass is 508 g/mol. The molecule has 1 aliphatic heterocycles. The van der Waals surface area contributed by atoms with Gasteiger partial charge in [-0.3, -0.25) is 0 Å². The number of hydrogen-bond acceptors (Lipinski definition) is 2. The first-order valence-corrected chi connectivity index (χ1v) is 13.3. The number of ether oxygens (including phenoxy) is 2. The lowest BCUT2D eigenvalue weighted by molar-refractivity contribution is -0.00528. The summed E-state index contributed by atoms with van der Waals surface area (Å²) in [7, 11) is 0. The molecule has 0 aliphatic carbocycles. The molecule has 196 valence electrons. The third-order valence-electron chi connectivity index (χ3n) is 7.07. The molecule has 2 unspecified atom stereocenters. The summed E-state index contributed by atoms with van der Waals surface area (Å²) in [6, 6.07) is 14.9. The third-order valence-corrected chi connectivity index (χ3v) is 7.07. The van der Waals surface area contributed by atoms with Crippen molar-refractivity contribution in [2.45, 2.75) is 58.0 Å². The average Bonchev–Trinajstić information content (AvgIpc) is 2.93. The SMILES string of the molecule is C=CC1CCC(c2ccc(-c3ccc(-c4ccc(OCCCCCCC)c(F)c4F)cc3)c(F)c2)OC1. The summed E-state index contributed by atoms with van der Waals surface area (Å²) in [4.78, 5) is 0. The van der Waals surface area contributed by atoms with E-state index in [4.69, 9.17) is 9.47 Å². The summed E-state index contributed by atoms with van der Waals surface area (Å²) in [5, 5.41) is 0. The van der Waals surface area contributed by atoms with Gasteiger partial charge in [0.05, 0.1) is 19.3 Å². The van der Waals surface area contributed by atoms with Crippen LogP contribution in [0.25, 0.3) is 22.3 Å². The minimum absolute atomic E-state index is 0.0718. The van der Waals surface area contributed by atoms with Gasteiger partial charge in [-0.05, 0) is 54.2 Å². The Morgan fingerprint density at radius 1 is 0.865 bits per heavy atom. The van der Waals surface area contributed by atoms with Gasteiger partial charge in [0.15, 0.2) is 11.6 Å². The fourth-order valence-corrected chi connectivity index (χ4v) is 4.77. The lowest BCUT2D eigenvalue weighted by Crippen LogP contribution is -2.19. The Hall–Kier alpha value is -3.05. The molecule has 1 heterocycles. The van der Waals surface area contributed by atoms with E-state index in [1.807, 2.05) is 12.1 Å². The normalized spacial score (nSPS) is 17.5. The van der Waals surface area contributed by atoms with E-state index in [1.54, 1.807) is 30.3 Å². The Bertz CT molecular complexity index is 1180. The van der Waals surface area contributed by atoms with Gasteiger partial charge in [-0.25, -0.2) is 8.78 Å². The van der Waals surface area contributed by atoms with E-state index >= 15 is 4.39 Å². The minimum atomic E-state index is -0.985. The molecule has 2 nitrogen and oxygen atoms in total. The summed E-state index contributed by atoms with van der Waals surface area (Å²) < 4.78 is 55.9. The van der Waals surface area contributed by atoms with Gasteiger partial charge in [-0.15, -0.1) is 6.58 Å². The fraction of sp³-hybridized carbons (Fsp3) is 0.375. The zero-order valence-electron chi connectivity index (χ0n) is 21.4. The first-order chi connectivity index (χ1) is 18.0. The van der Waals surface area contributed by atoms with Gasteiger partial charge in [-0.1, -0.05) is 75.1 Å². The molecule has 37 heavy (non-hydrogen) atoms. The van der Waals surface area contributed by atoms with Crippen LogP contribution in [0.1, 0.15) is 63.5 Å². The molecule has 2 atom stereocenters. The van der Waals surface area contributed by atoms with E-state index in [-0.39, 0.29) is 23.2 Å². The molecule has 5 heteroatoms. The summed E-state index contributed by atoms with van der Waals surface area (Å²) in [6.07, 6.45) is 8.84. The summed E-state index contributed by atoms with van der Waals surface area (Å²) in [5.74, 6) is -1.99. The van der Waals surface area contributed by atoms with Crippen LogP contribution in [0.4, 0.5) is 13.2 Å². The van der Waals surface area contributed by atoms with Crippen LogP contribution in [0, 0.1) is 23.4 Å². The topological polar surface area (TPSA) is 18.5 Å². The quantitative estimate of drug-likeness (QED) is 0.190. The molecule has 4 rings (SSSR count). The molecule has 0 saturated carbocycles. The number of benzene rings is 3. The molecule has 0 spiro atoms. The van der Waals surface area contributed by atoms with Gasteiger partial charge in [0.2, 0.25) is 5.82 Å². The number of halogens is 3. The molecule has 1 aliphatic rings.